The summed E-state index contributed by atoms with van der Waals surface area (Å²) >= 11 is 0. The molecule has 1 unspecified atom stereocenters. The van der Waals surface area contributed by atoms with E-state index >= 15 is 0 Å². The van der Waals surface area contributed by atoms with Crippen LogP contribution in [0.5, 0.6) is 0 Å². The number of aliphatic carboxylic acids is 1. The van der Waals surface area contributed by atoms with Crippen molar-refractivity contribution < 1.29 is 14.7 Å². The van der Waals surface area contributed by atoms with Gasteiger partial charge in [0.15, 0.2) is 0 Å². The Kier molecular flexibility index (Phi) is 4.97. The minimum absolute atomic E-state index is 0.416. The van der Waals surface area contributed by atoms with Crippen molar-refractivity contribution in [3.63, 3.8) is 0 Å². The number of carbonyl (C=O) groups is 2. The molecule has 0 saturated heterocycles. The first kappa shape index (κ1) is 12.7. The van der Waals surface area contributed by atoms with Gasteiger partial charge in [-0.1, -0.05) is 13.3 Å². The number of hydrogen-bond acceptors (Lipinski definition) is 2. The van der Waals surface area contributed by atoms with Crippen LogP contribution in [0.4, 0.5) is 4.79 Å². The van der Waals surface area contributed by atoms with Crippen molar-refractivity contribution in [2.24, 2.45) is 0 Å². The van der Waals surface area contributed by atoms with Crippen LogP contribution in [-0.2, 0) is 4.79 Å². The Morgan fingerprint density at radius 2 is 1.93 bits per heavy atom. The minimum Gasteiger partial charge on any atom is -0.480 e. The Bertz CT molecular complexity index is 218. The molecular formula is C9H18N2O3. The van der Waals surface area contributed by atoms with E-state index in [1.807, 2.05) is 6.92 Å². The van der Waals surface area contributed by atoms with Crippen LogP contribution in [-0.4, -0.2) is 29.2 Å². The molecular weight excluding hydrogens is 184 g/mol. The highest BCUT2D eigenvalue weighted by atomic mass is 16.4. The third kappa shape index (κ3) is 3.64. The smallest absolute Gasteiger partial charge is 0.329 e. The lowest BCUT2D eigenvalue weighted by atomic mass is 9.97. The second-order valence-corrected chi connectivity index (χ2v) is 3.37. The average Bonchev–Trinajstić information content (AvgIpc) is 2.04. The number of amides is 2. The third-order valence-electron chi connectivity index (χ3n) is 1.95. The number of nitrogens with one attached hydrogen (secondary N) is 2. The van der Waals surface area contributed by atoms with Crippen LogP contribution in [0.3, 0.4) is 0 Å². The molecule has 2 amide bonds. The fourth-order valence-corrected chi connectivity index (χ4v) is 1.18. The summed E-state index contributed by atoms with van der Waals surface area (Å²) < 4.78 is 0. The van der Waals surface area contributed by atoms with Gasteiger partial charge >= 0.3 is 12.0 Å². The largest absolute Gasteiger partial charge is 0.480 e. The van der Waals surface area contributed by atoms with Crippen molar-refractivity contribution in [1.29, 1.82) is 0 Å². The van der Waals surface area contributed by atoms with Crippen molar-refractivity contribution in [2.45, 2.75) is 39.2 Å². The first-order valence-electron chi connectivity index (χ1n) is 4.75. The van der Waals surface area contributed by atoms with E-state index in [2.05, 4.69) is 10.6 Å². The van der Waals surface area contributed by atoms with E-state index < -0.39 is 17.5 Å². The van der Waals surface area contributed by atoms with E-state index in [-0.39, 0.29) is 0 Å². The van der Waals surface area contributed by atoms with Crippen molar-refractivity contribution in [3.8, 4) is 0 Å². The lowest BCUT2D eigenvalue weighted by Gasteiger charge is -2.25. The normalized spacial score (nSPS) is 14.2. The molecule has 3 N–H and O–H groups in total. The number of carboxylic acid groups (broad SMARTS) is 1. The first-order chi connectivity index (χ1) is 6.46. The van der Waals surface area contributed by atoms with Crippen LogP contribution >= 0.6 is 0 Å². The molecule has 5 heteroatoms. The Labute approximate surface area is 83.9 Å². The summed E-state index contributed by atoms with van der Waals surface area (Å²) in [5, 5.41) is 13.9. The second kappa shape index (κ2) is 5.47. The molecule has 0 aliphatic rings. The fourth-order valence-electron chi connectivity index (χ4n) is 1.18. The van der Waals surface area contributed by atoms with Crippen molar-refractivity contribution in [2.75, 3.05) is 6.54 Å². The molecule has 0 heterocycles. The molecule has 0 aliphatic heterocycles. The molecule has 0 aliphatic carbocycles. The summed E-state index contributed by atoms with van der Waals surface area (Å²) in [4.78, 5) is 22.1. The molecule has 0 saturated carbocycles. The summed E-state index contributed by atoms with van der Waals surface area (Å²) in [6, 6.07) is -0.439. The predicted molar refractivity (Wildman–Crippen MR) is 53.2 cm³/mol. The van der Waals surface area contributed by atoms with Gasteiger partial charge in [0.05, 0.1) is 0 Å². The van der Waals surface area contributed by atoms with Crippen LogP contribution in [0, 0.1) is 0 Å². The molecule has 0 aromatic heterocycles. The molecule has 0 radical (unpaired) electrons. The van der Waals surface area contributed by atoms with Crippen molar-refractivity contribution >= 4 is 12.0 Å². The average molecular weight is 202 g/mol. The summed E-state index contributed by atoms with van der Waals surface area (Å²) in [6.45, 7) is 5.64. The quantitative estimate of drug-likeness (QED) is 0.621. The summed E-state index contributed by atoms with van der Waals surface area (Å²) in [5.41, 5.74) is -1.17. The van der Waals surface area contributed by atoms with Crippen LogP contribution in [0.2, 0.25) is 0 Å². The topological polar surface area (TPSA) is 78.4 Å². The van der Waals surface area contributed by atoms with E-state index in [0.29, 0.717) is 19.4 Å². The highest BCUT2D eigenvalue weighted by Gasteiger charge is 2.33. The van der Waals surface area contributed by atoms with Gasteiger partial charge in [-0.3, -0.25) is 0 Å². The van der Waals surface area contributed by atoms with E-state index in [9.17, 15) is 9.59 Å². The molecule has 0 fully saturated rings. The predicted octanol–water partition coefficient (Wildman–Crippen LogP) is 0.949. The van der Waals surface area contributed by atoms with Crippen LogP contribution in [0.1, 0.15) is 33.6 Å². The molecule has 5 nitrogen and oxygen atoms in total. The first-order valence-corrected chi connectivity index (χ1v) is 4.75. The minimum atomic E-state index is -1.17. The number of hydrogen-bond donors (Lipinski definition) is 3. The van der Waals surface area contributed by atoms with E-state index in [0.717, 1.165) is 0 Å². The monoisotopic (exact) mass is 202 g/mol. The zero-order valence-corrected chi connectivity index (χ0v) is 8.89. The van der Waals surface area contributed by atoms with Gasteiger partial charge in [-0.05, 0) is 20.3 Å². The molecule has 0 aromatic carbocycles. The molecule has 0 aromatic rings. The third-order valence-corrected chi connectivity index (χ3v) is 1.95. The van der Waals surface area contributed by atoms with Gasteiger partial charge in [0.25, 0.3) is 0 Å². The number of urea groups is 1. The Balaban J connectivity index is 4.36. The number of carboxylic acids is 1. The zero-order chi connectivity index (χ0) is 11.2. The van der Waals surface area contributed by atoms with E-state index in [1.165, 1.54) is 6.92 Å². The van der Waals surface area contributed by atoms with Gasteiger partial charge < -0.3 is 15.7 Å². The molecule has 0 bridgehead atoms. The van der Waals surface area contributed by atoms with Crippen LogP contribution in [0.15, 0.2) is 0 Å². The fraction of sp³-hybridized carbons (Fsp3) is 0.778. The second-order valence-electron chi connectivity index (χ2n) is 3.37. The van der Waals surface area contributed by atoms with Gasteiger partial charge in [-0.2, -0.15) is 0 Å². The van der Waals surface area contributed by atoms with E-state index in [4.69, 9.17) is 5.11 Å². The summed E-state index contributed by atoms with van der Waals surface area (Å²) in [5.74, 6) is -1.01. The van der Waals surface area contributed by atoms with Gasteiger partial charge in [0, 0.05) is 6.54 Å². The maximum absolute atomic E-state index is 11.2. The zero-order valence-electron chi connectivity index (χ0n) is 8.89. The molecule has 14 heavy (non-hydrogen) atoms. The molecule has 0 spiro atoms. The van der Waals surface area contributed by atoms with Gasteiger partial charge in [0.2, 0.25) is 0 Å². The lowest BCUT2D eigenvalue weighted by Crippen LogP contribution is -2.55. The van der Waals surface area contributed by atoms with Gasteiger partial charge in [-0.25, -0.2) is 9.59 Å². The Hall–Kier alpha value is -1.26. The van der Waals surface area contributed by atoms with Crippen LogP contribution < -0.4 is 10.6 Å². The highest BCUT2D eigenvalue weighted by molar-refractivity contribution is 5.85. The summed E-state index contributed by atoms with van der Waals surface area (Å²) in [7, 11) is 0. The lowest BCUT2D eigenvalue weighted by molar-refractivity contribution is -0.144. The standard InChI is InChI=1S/C9H18N2O3/c1-4-6-9(3,7(12)13)11-8(14)10-5-2/h4-6H2,1-3H3,(H,12,13)(H2,10,11,14). The van der Waals surface area contributed by atoms with Gasteiger partial charge in [-0.15, -0.1) is 0 Å². The van der Waals surface area contributed by atoms with Crippen molar-refractivity contribution in [1.82, 2.24) is 10.6 Å². The van der Waals surface area contributed by atoms with Crippen molar-refractivity contribution in [3.05, 3.63) is 0 Å². The van der Waals surface area contributed by atoms with E-state index in [1.54, 1.807) is 6.92 Å². The van der Waals surface area contributed by atoms with Gasteiger partial charge in [0.1, 0.15) is 5.54 Å². The summed E-state index contributed by atoms with van der Waals surface area (Å²) in [6.07, 6.45) is 1.12. The number of carbonyl (C=O) groups excluding carboxylic acids is 1. The SMILES string of the molecule is CCCC(C)(NC(=O)NCC)C(=O)O. The Morgan fingerprint density at radius 3 is 2.29 bits per heavy atom. The molecule has 82 valence electrons. The Morgan fingerprint density at radius 1 is 1.36 bits per heavy atom. The maximum atomic E-state index is 11.2. The highest BCUT2D eigenvalue weighted by Crippen LogP contribution is 2.12. The molecule has 1 atom stereocenters. The molecule has 0 rings (SSSR count). The number of rotatable bonds is 5. The van der Waals surface area contributed by atoms with Crippen LogP contribution in [0.25, 0.3) is 0 Å². The maximum Gasteiger partial charge on any atom is 0.329 e.